The second kappa shape index (κ2) is 16.0. The zero-order valence-electron chi connectivity index (χ0n) is 30.2. The van der Waals surface area contributed by atoms with Gasteiger partial charge in [0.2, 0.25) is 0 Å². The Labute approximate surface area is 300 Å². The van der Waals surface area contributed by atoms with Gasteiger partial charge in [0.05, 0.1) is 16.1 Å². The molecule has 2 nitrogen and oxygen atoms in total. The molecule has 5 rings (SSSR count). The van der Waals surface area contributed by atoms with Crippen molar-refractivity contribution >= 4 is 26.5 Å². The molecular formula is C42H52IrN2Si2-2. The van der Waals surface area contributed by atoms with Crippen LogP contribution in [0.15, 0.2) is 97.3 Å². The van der Waals surface area contributed by atoms with Crippen molar-refractivity contribution in [3.63, 3.8) is 0 Å². The van der Waals surface area contributed by atoms with Gasteiger partial charge in [0.1, 0.15) is 0 Å². The molecule has 5 heteroatoms. The van der Waals surface area contributed by atoms with Crippen LogP contribution in [0.3, 0.4) is 0 Å². The largest absolute Gasteiger partial charge is 0.305 e. The molecule has 0 aliphatic heterocycles. The van der Waals surface area contributed by atoms with Gasteiger partial charge in [-0.05, 0) is 56.2 Å². The Hall–Kier alpha value is -2.96. The van der Waals surface area contributed by atoms with E-state index in [9.17, 15) is 0 Å². The Bertz CT molecular complexity index is 1710. The van der Waals surface area contributed by atoms with E-state index in [0.717, 1.165) is 28.9 Å². The van der Waals surface area contributed by atoms with E-state index in [1.807, 2.05) is 36.4 Å². The van der Waals surface area contributed by atoms with Gasteiger partial charge < -0.3 is 9.97 Å². The summed E-state index contributed by atoms with van der Waals surface area (Å²) in [7, 11) is -2.87. The average Bonchev–Trinajstić information content (AvgIpc) is 3.00. The van der Waals surface area contributed by atoms with Gasteiger partial charge in [-0.2, -0.15) is 0 Å². The summed E-state index contributed by atoms with van der Waals surface area (Å²) in [6.07, 6.45) is 5.30. The number of benzene rings is 3. The second-order valence-corrected chi connectivity index (χ2v) is 26.0. The summed E-state index contributed by atoms with van der Waals surface area (Å²) in [6, 6.07) is 36.2. The van der Waals surface area contributed by atoms with E-state index in [1.54, 1.807) is 0 Å². The van der Waals surface area contributed by atoms with Gasteiger partial charge in [0.15, 0.2) is 0 Å². The van der Waals surface area contributed by atoms with Crippen LogP contribution in [0, 0.1) is 17.5 Å². The quantitative estimate of drug-likeness (QED) is 0.121. The number of rotatable bonds is 7. The molecule has 0 bridgehead atoms. The number of hydrogen-bond donors (Lipinski definition) is 0. The first-order valence-corrected chi connectivity index (χ1v) is 23.6. The summed E-state index contributed by atoms with van der Waals surface area (Å²) in [5.41, 5.74) is 9.88. The first-order valence-electron chi connectivity index (χ1n) is 16.6. The Morgan fingerprint density at radius 2 is 1.15 bits per heavy atom. The number of hydrogen-bond acceptors (Lipinski definition) is 2. The first-order chi connectivity index (χ1) is 21.5. The van der Waals surface area contributed by atoms with Gasteiger partial charge in [-0.25, -0.2) is 0 Å². The maximum absolute atomic E-state index is 4.75. The molecule has 3 aromatic carbocycles. The molecule has 2 heterocycles. The van der Waals surface area contributed by atoms with Crippen LogP contribution in [0.4, 0.5) is 0 Å². The molecule has 249 valence electrons. The molecule has 0 unspecified atom stereocenters. The minimum absolute atomic E-state index is 0. The molecule has 0 spiro atoms. The van der Waals surface area contributed by atoms with Crippen LogP contribution in [-0.2, 0) is 26.5 Å². The molecule has 47 heavy (non-hydrogen) atoms. The molecule has 0 saturated heterocycles. The molecule has 0 amide bonds. The summed E-state index contributed by atoms with van der Waals surface area (Å²) < 4.78 is 0. The fourth-order valence-electron chi connectivity index (χ4n) is 5.63. The molecule has 1 radical (unpaired) electrons. The van der Waals surface area contributed by atoms with Gasteiger partial charge in [0.25, 0.3) is 0 Å². The second-order valence-electron chi connectivity index (χ2n) is 15.9. The monoisotopic (exact) mass is 833 g/mol. The molecule has 0 atom stereocenters. The smallest absolute Gasteiger partial charge is 0.0803 e. The number of pyridine rings is 2. The molecule has 0 aliphatic rings. The summed E-state index contributed by atoms with van der Waals surface area (Å²) in [5, 5.41) is 2.89. The van der Waals surface area contributed by atoms with E-state index in [4.69, 9.17) is 9.97 Å². The van der Waals surface area contributed by atoms with Crippen molar-refractivity contribution in [1.82, 2.24) is 9.97 Å². The predicted molar refractivity (Wildman–Crippen MR) is 206 cm³/mol. The third kappa shape index (κ3) is 10.8. The molecular weight excluding hydrogens is 781 g/mol. The Morgan fingerprint density at radius 1 is 0.660 bits per heavy atom. The number of nitrogens with zero attached hydrogens (tertiary/aromatic N) is 2. The van der Waals surface area contributed by atoms with E-state index in [1.165, 1.54) is 32.6 Å². The summed E-state index contributed by atoms with van der Waals surface area (Å²) in [5.74, 6) is 0.553. The van der Waals surface area contributed by atoms with Crippen LogP contribution >= 0.6 is 0 Å². The average molecular weight is 833 g/mol. The van der Waals surface area contributed by atoms with Gasteiger partial charge in [-0.15, -0.1) is 71.8 Å². The van der Waals surface area contributed by atoms with Crippen LogP contribution in [0.25, 0.3) is 33.6 Å². The van der Waals surface area contributed by atoms with Gasteiger partial charge in [0, 0.05) is 32.5 Å². The minimum atomic E-state index is -1.49. The topological polar surface area (TPSA) is 25.8 Å². The Morgan fingerprint density at radius 3 is 1.57 bits per heavy atom. The third-order valence-corrected chi connectivity index (χ3v) is 12.2. The first kappa shape index (κ1) is 38.5. The van der Waals surface area contributed by atoms with Crippen LogP contribution < -0.4 is 10.4 Å². The Balaban J connectivity index is 0.000000254. The van der Waals surface area contributed by atoms with Crippen molar-refractivity contribution in [2.24, 2.45) is 5.41 Å². The summed E-state index contributed by atoms with van der Waals surface area (Å²) in [4.78, 5) is 9.46. The molecule has 0 saturated carbocycles. The Kier molecular flexibility index (Phi) is 13.1. The van der Waals surface area contributed by atoms with E-state index in [2.05, 4.69) is 147 Å². The molecule has 2 aromatic heterocycles. The van der Waals surface area contributed by atoms with Crippen molar-refractivity contribution in [2.75, 3.05) is 0 Å². The molecule has 0 fully saturated rings. The molecule has 0 N–H and O–H groups in total. The predicted octanol–water partition coefficient (Wildman–Crippen LogP) is 10.6. The zero-order chi connectivity index (χ0) is 33.7. The van der Waals surface area contributed by atoms with E-state index in [-0.39, 0.29) is 25.5 Å². The van der Waals surface area contributed by atoms with E-state index < -0.39 is 16.1 Å². The van der Waals surface area contributed by atoms with Gasteiger partial charge in [-0.1, -0.05) is 116 Å². The SMILES string of the molecule is CC(C)(C)Cc1cc(-c2[c-]cccc2)ncc1[Si](C)(C)C.CC(C)c1ccc(-c2cc(-c3[c-]cccc3)ncc2[Si](C)(C)C)cc1.[Ir]. The fraction of sp³-hybridized carbons (Fsp3) is 0.333. The van der Waals surface area contributed by atoms with Crippen LogP contribution in [0.5, 0.6) is 0 Å². The summed E-state index contributed by atoms with van der Waals surface area (Å²) >= 11 is 0. The van der Waals surface area contributed by atoms with Crippen molar-refractivity contribution in [1.29, 1.82) is 0 Å². The summed E-state index contributed by atoms with van der Waals surface area (Å²) in [6.45, 7) is 25.7. The fourth-order valence-corrected chi connectivity index (χ4v) is 8.68. The van der Waals surface area contributed by atoms with Crippen LogP contribution in [0.2, 0.25) is 39.3 Å². The van der Waals surface area contributed by atoms with Gasteiger partial charge >= 0.3 is 0 Å². The van der Waals surface area contributed by atoms with Crippen molar-refractivity contribution in [2.45, 2.75) is 86.2 Å². The third-order valence-electron chi connectivity index (χ3n) is 8.09. The molecule has 0 aliphatic carbocycles. The van der Waals surface area contributed by atoms with Crippen molar-refractivity contribution in [3.8, 4) is 33.6 Å². The van der Waals surface area contributed by atoms with E-state index >= 15 is 0 Å². The maximum atomic E-state index is 4.75. The van der Waals surface area contributed by atoms with Crippen molar-refractivity contribution in [3.05, 3.63) is 121 Å². The zero-order valence-corrected chi connectivity index (χ0v) is 34.6. The molecule has 5 aromatic rings. The number of aromatic nitrogens is 2. The van der Waals surface area contributed by atoms with E-state index in [0.29, 0.717) is 5.92 Å². The van der Waals surface area contributed by atoms with Crippen molar-refractivity contribution < 1.29 is 20.1 Å². The minimum Gasteiger partial charge on any atom is -0.305 e. The van der Waals surface area contributed by atoms with Crippen LogP contribution in [0.1, 0.15) is 51.7 Å². The van der Waals surface area contributed by atoms with Gasteiger partial charge in [-0.3, -0.25) is 0 Å². The maximum Gasteiger partial charge on any atom is 0.0803 e. The standard InChI is InChI=1S/C23H26NSi.C19H26NSi.Ir/c1-17(2)18-11-13-19(14-12-18)21-15-22(20-9-7-6-8-10-20)24-16-23(21)25(3,4)5;1-19(2,3)13-16-12-17(15-10-8-7-9-11-15)20-14-18(16)21(4,5)6;/h6-9,11-17H,1-5H3;7-10,12,14H,13H2,1-6H3;/q2*-1;. The van der Waals surface area contributed by atoms with Crippen LogP contribution in [-0.4, -0.2) is 26.1 Å². The normalized spacial score (nSPS) is 11.8.